The summed E-state index contributed by atoms with van der Waals surface area (Å²) in [5, 5.41) is 5.13. The summed E-state index contributed by atoms with van der Waals surface area (Å²) in [6.45, 7) is 5.46. The SMILES string of the molecule is Cc1c(CN2CCOC(c3cccc(Cc4ccccc4Cl)n3)C2)cnn1C. The lowest BCUT2D eigenvalue weighted by Crippen LogP contribution is -2.38. The Balaban J connectivity index is 1.46. The zero-order valence-corrected chi connectivity index (χ0v) is 17.1. The molecule has 5 nitrogen and oxygen atoms in total. The number of aryl methyl sites for hydroxylation is 1. The highest BCUT2D eigenvalue weighted by molar-refractivity contribution is 6.31. The van der Waals surface area contributed by atoms with Gasteiger partial charge in [-0.25, -0.2) is 0 Å². The molecule has 4 rings (SSSR count). The van der Waals surface area contributed by atoms with Gasteiger partial charge in [-0.3, -0.25) is 14.6 Å². The first-order valence-electron chi connectivity index (χ1n) is 9.61. The average Bonchev–Trinajstić information content (AvgIpc) is 3.02. The quantitative estimate of drug-likeness (QED) is 0.655. The number of benzene rings is 1. The van der Waals surface area contributed by atoms with Crippen LogP contribution in [0.1, 0.15) is 34.3 Å². The molecule has 0 radical (unpaired) electrons. The Bertz CT molecular complexity index is 955. The standard InChI is InChI=1S/C22H25ClN4O/c1-16-18(13-24-26(16)2)14-27-10-11-28-22(15-27)21-9-5-7-19(25-21)12-17-6-3-4-8-20(17)23/h3-9,13,22H,10-12,14-15H2,1-2H3. The maximum absolute atomic E-state index is 6.31. The van der Waals surface area contributed by atoms with Crippen molar-refractivity contribution in [3.63, 3.8) is 0 Å². The third kappa shape index (κ3) is 4.27. The first-order chi connectivity index (χ1) is 13.6. The number of nitrogens with zero attached hydrogens (tertiary/aromatic N) is 4. The molecule has 146 valence electrons. The van der Waals surface area contributed by atoms with E-state index in [4.69, 9.17) is 21.3 Å². The van der Waals surface area contributed by atoms with E-state index in [1.165, 1.54) is 11.3 Å². The molecule has 1 aliphatic heterocycles. The van der Waals surface area contributed by atoms with Crippen LogP contribution in [0, 0.1) is 6.92 Å². The van der Waals surface area contributed by atoms with Gasteiger partial charge in [-0.1, -0.05) is 35.9 Å². The predicted molar refractivity (Wildman–Crippen MR) is 110 cm³/mol. The van der Waals surface area contributed by atoms with Crippen molar-refractivity contribution in [3.05, 3.63) is 81.9 Å². The Labute approximate surface area is 170 Å². The topological polar surface area (TPSA) is 43.2 Å². The molecule has 1 fully saturated rings. The molecule has 1 saturated heterocycles. The minimum absolute atomic E-state index is 0.0167. The van der Waals surface area contributed by atoms with Crippen LogP contribution in [0.25, 0.3) is 0 Å². The maximum Gasteiger partial charge on any atom is 0.112 e. The molecular weight excluding hydrogens is 372 g/mol. The van der Waals surface area contributed by atoms with E-state index in [1.54, 1.807) is 0 Å². The molecule has 0 aliphatic carbocycles. The number of halogens is 1. The van der Waals surface area contributed by atoms with Crippen LogP contribution >= 0.6 is 11.6 Å². The Hall–Kier alpha value is -2.21. The molecule has 3 heterocycles. The van der Waals surface area contributed by atoms with Crippen LogP contribution in [0.4, 0.5) is 0 Å². The van der Waals surface area contributed by atoms with E-state index in [9.17, 15) is 0 Å². The normalized spacial score (nSPS) is 17.8. The molecule has 2 aromatic heterocycles. The van der Waals surface area contributed by atoms with Crippen LogP contribution < -0.4 is 0 Å². The third-order valence-corrected chi connectivity index (χ3v) is 5.74. The summed E-state index contributed by atoms with van der Waals surface area (Å²) in [4.78, 5) is 7.29. The van der Waals surface area contributed by atoms with Gasteiger partial charge in [0.05, 0.1) is 18.5 Å². The second-order valence-corrected chi connectivity index (χ2v) is 7.70. The second kappa shape index (κ2) is 8.43. The van der Waals surface area contributed by atoms with Gasteiger partial charge < -0.3 is 4.74 Å². The van der Waals surface area contributed by atoms with Crippen LogP contribution in [-0.2, 0) is 24.8 Å². The highest BCUT2D eigenvalue weighted by atomic mass is 35.5. The van der Waals surface area contributed by atoms with Crippen LogP contribution in [0.5, 0.6) is 0 Å². The van der Waals surface area contributed by atoms with Crippen LogP contribution in [0.15, 0.2) is 48.7 Å². The summed E-state index contributed by atoms with van der Waals surface area (Å²) in [6, 6.07) is 14.1. The second-order valence-electron chi connectivity index (χ2n) is 7.30. The largest absolute Gasteiger partial charge is 0.369 e. The van der Waals surface area contributed by atoms with Crippen LogP contribution in [0.2, 0.25) is 5.02 Å². The lowest BCUT2D eigenvalue weighted by molar-refractivity contribution is -0.0351. The number of hydrogen-bond acceptors (Lipinski definition) is 4. The summed E-state index contributed by atoms with van der Waals surface area (Å²) in [6.07, 6.45) is 2.66. The molecule has 1 aliphatic rings. The minimum atomic E-state index is -0.0167. The molecule has 0 N–H and O–H groups in total. The molecular formula is C22H25ClN4O. The highest BCUT2D eigenvalue weighted by Gasteiger charge is 2.24. The molecule has 0 amide bonds. The Morgan fingerprint density at radius 3 is 2.79 bits per heavy atom. The summed E-state index contributed by atoms with van der Waals surface area (Å²) < 4.78 is 7.97. The van der Waals surface area contributed by atoms with Gasteiger partial charge in [-0.05, 0) is 30.7 Å². The first-order valence-corrected chi connectivity index (χ1v) is 9.98. The van der Waals surface area contributed by atoms with Gasteiger partial charge in [0, 0.05) is 55.1 Å². The van der Waals surface area contributed by atoms with Gasteiger partial charge in [-0.2, -0.15) is 5.10 Å². The van der Waals surface area contributed by atoms with Crippen molar-refractivity contribution in [3.8, 4) is 0 Å². The van der Waals surface area contributed by atoms with Crippen molar-refractivity contribution < 1.29 is 4.74 Å². The molecule has 3 aromatic rings. The van der Waals surface area contributed by atoms with Gasteiger partial charge in [0.25, 0.3) is 0 Å². The lowest BCUT2D eigenvalue weighted by Gasteiger charge is -2.32. The molecule has 0 saturated carbocycles. The molecule has 0 spiro atoms. The minimum Gasteiger partial charge on any atom is -0.369 e. The van der Waals surface area contributed by atoms with Crippen LogP contribution in [0.3, 0.4) is 0 Å². The van der Waals surface area contributed by atoms with Gasteiger partial charge in [-0.15, -0.1) is 0 Å². The van der Waals surface area contributed by atoms with E-state index >= 15 is 0 Å². The van der Waals surface area contributed by atoms with Crippen molar-refractivity contribution in [2.45, 2.75) is 26.0 Å². The molecule has 28 heavy (non-hydrogen) atoms. The smallest absolute Gasteiger partial charge is 0.112 e. The molecule has 1 aromatic carbocycles. The van der Waals surface area contributed by atoms with Crippen molar-refractivity contribution in [2.24, 2.45) is 7.05 Å². The Morgan fingerprint density at radius 1 is 1.14 bits per heavy atom. The van der Waals surface area contributed by atoms with E-state index in [0.717, 1.165) is 48.0 Å². The number of hydrogen-bond donors (Lipinski definition) is 0. The molecule has 1 atom stereocenters. The number of ether oxygens (including phenoxy) is 1. The van der Waals surface area contributed by atoms with E-state index in [2.05, 4.69) is 29.1 Å². The Kier molecular flexibility index (Phi) is 5.76. The van der Waals surface area contributed by atoms with Gasteiger partial charge in [0.1, 0.15) is 6.10 Å². The number of rotatable bonds is 5. The predicted octanol–water partition coefficient (Wildman–Crippen LogP) is 3.94. The van der Waals surface area contributed by atoms with Gasteiger partial charge in [0.15, 0.2) is 0 Å². The van der Waals surface area contributed by atoms with E-state index in [-0.39, 0.29) is 6.10 Å². The number of morpholine rings is 1. The molecule has 1 unspecified atom stereocenters. The van der Waals surface area contributed by atoms with Crippen molar-refractivity contribution >= 4 is 11.6 Å². The van der Waals surface area contributed by atoms with E-state index < -0.39 is 0 Å². The van der Waals surface area contributed by atoms with Crippen LogP contribution in [-0.4, -0.2) is 39.4 Å². The summed E-state index contributed by atoms with van der Waals surface area (Å²) in [5.74, 6) is 0. The fourth-order valence-corrected chi connectivity index (χ4v) is 3.78. The first kappa shape index (κ1) is 19.1. The third-order valence-electron chi connectivity index (χ3n) is 5.37. The monoisotopic (exact) mass is 396 g/mol. The number of aromatic nitrogens is 3. The molecule has 6 heteroatoms. The summed E-state index contributed by atoms with van der Waals surface area (Å²) in [5.41, 5.74) is 5.56. The molecule has 0 bridgehead atoms. The van der Waals surface area contributed by atoms with E-state index in [1.807, 2.05) is 48.3 Å². The van der Waals surface area contributed by atoms with Gasteiger partial charge in [0.2, 0.25) is 0 Å². The average molecular weight is 397 g/mol. The Morgan fingerprint density at radius 2 is 2.00 bits per heavy atom. The maximum atomic E-state index is 6.31. The van der Waals surface area contributed by atoms with Crippen molar-refractivity contribution in [2.75, 3.05) is 19.7 Å². The van der Waals surface area contributed by atoms with Crippen molar-refractivity contribution in [1.82, 2.24) is 19.7 Å². The fourth-order valence-electron chi connectivity index (χ4n) is 3.58. The van der Waals surface area contributed by atoms with Gasteiger partial charge >= 0.3 is 0 Å². The fraction of sp³-hybridized carbons (Fsp3) is 0.364. The lowest BCUT2D eigenvalue weighted by atomic mass is 10.1. The zero-order valence-electron chi connectivity index (χ0n) is 16.3. The van der Waals surface area contributed by atoms with Crippen molar-refractivity contribution in [1.29, 1.82) is 0 Å². The summed E-state index contributed by atoms with van der Waals surface area (Å²) in [7, 11) is 1.98. The highest BCUT2D eigenvalue weighted by Crippen LogP contribution is 2.24. The number of pyridine rings is 1. The summed E-state index contributed by atoms with van der Waals surface area (Å²) >= 11 is 6.31. The zero-order chi connectivity index (χ0) is 19.5. The van der Waals surface area contributed by atoms with E-state index in [0.29, 0.717) is 6.61 Å².